The average molecular weight is 297 g/mol. The quantitative estimate of drug-likeness (QED) is 0.721. The molecule has 3 N–H and O–H groups in total. The summed E-state index contributed by atoms with van der Waals surface area (Å²) in [6.45, 7) is 7.44. The summed E-state index contributed by atoms with van der Waals surface area (Å²) in [5.74, 6) is -0.893. The Balaban J connectivity index is 2.73. The number of carbonyl (C=O) groups excluding carboxylic acids is 1. The van der Waals surface area contributed by atoms with E-state index in [1.54, 1.807) is 6.07 Å². The van der Waals surface area contributed by atoms with Crippen molar-refractivity contribution in [3.63, 3.8) is 0 Å². The van der Waals surface area contributed by atoms with Gasteiger partial charge in [-0.3, -0.25) is 4.79 Å². The second-order valence-corrected chi connectivity index (χ2v) is 4.71. The van der Waals surface area contributed by atoms with E-state index in [-0.39, 0.29) is 5.75 Å². The van der Waals surface area contributed by atoms with Gasteiger partial charge in [0.1, 0.15) is 6.04 Å². The van der Waals surface area contributed by atoms with E-state index >= 15 is 0 Å². The maximum atomic E-state index is 13.7. The van der Waals surface area contributed by atoms with Gasteiger partial charge < -0.3 is 20.7 Å². The number of rotatable bonds is 9. The van der Waals surface area contributed by atoms with Crippen LogP contribution in [0.2, 0.25) is 0 Å². The number of amides is 1. The summed E-state index contributed by atoms with van der Waals surface area (Å²) in [7, 11) is 1.39. The zero-order chi connectivity index (χ0) is 15.8. The van der Waals surface area contributed by atoms with Crippen LogP contribution >= 0.6 is 0 Å². The second kappa shape index (κ2) is 8.59. The Morgan fingerprint density at radius 1 is 1.43 bits per heavy atom. The van der Waals surface area contributed by atoms with Crippen LogP contribution in [0, 0.1) is 5.82 Å². The first-order valence-corrected chi connectivity index (χ1v) is 7.11. The SMILES string of the molecule is CCN(CC)CCNC(C(N)=O)c1ccc(OC)c(F)c1. The summed E-state index contributed by atoms with van der Waals surface area (Å²) >= 11 is 0. The molecule has 6 heteroatoms. The highest BCUT2D eigenvalue weighted by Gasteiger charge is 2.19. The van der Waals surface area contributed by atoms with Gasteiger partial charge >= 0.3 is 0 Å². The van der Waals surface area contributed by atoms with Gasteiger partial charge in [0.25, 0.3) is 0 Å². The molecule has 1 unspecified atom stereocenters. The number of hydrogen-bond acceptors (Lipinski definition) is 4. The molecule has 1 aromatic carbocycles. The van der Waals surface area contributed by atoms with Gasteiger partial charge in [-0.2, -0.15) is 0 Å². The minimum absolute atomic E-state index is 0.144. The van der Waals surface area contributed by atoms with Gasteiger partial charge in [0, 0.05) is 13.1 Å². The molecule has 118 valence electrons. The van der Waals surface area contributed by atoms with Gasteiger partial charge in [0.2, 0.25) is 5.91 Å². The van der Waals surface area contributed by atoms with Crippen LogP contribution in [0.15, 0.2) is 18.2 Å². The van der Waals surface area contributed by atoms with Crippen molar-refractivity contribution in [2.45, 2.75) is 19.9 Å². The molecule has 21 heavy (non-hydrogen) atoms. The maximum absolute atomic E-state index is 13.7. The van der Waals surface area contributed by atoms with Gasteiger partial charge in [0.05, 0.1) is 7.11 Å². The molecular formula is C15H24FN3O2. The van der Waals surface area contributed by atoms with Gasteiger partial charge in [-0.1, -0.05) is 19.9 Å². The fourth-order valence-electron chi connectivity index (χ4n) is 2.15. The number of carbonyl (C=O) groups is 1. The van der Waals surface area contributed by atoms with Crippen molar-refractivity contribution in [2.75, 3.05) is 33.3 Å². The van der Waals surface area contributed by atoms with Crippen molar-refractivity contribution in [1.82, 2.24) is 10.2 Å². The summed E-state index contributed by atoms with van der Waals surface area (Å²) in [5, 5.41) is 3.08. The summed E-state index contributed by atoms with van der Waals surface area (Å²) in [4.78, 5) is 13.8. The summed E-state index contributed by atoms with van der Waals surface area (Å²) in [6, 6.07) is 3.70. The minimum Gasteiger partial charge on any atom is -0.494 e. The molecule has 0 heterocycles. The van der Waals surface area contributed by atoms with Crippen LogP contribution in [0.1, 0.15) is 25.5 Å². The number of methoxy groups -OCH3 is 1. The van der Waals surface area contributed by atoms with E-state index in [4.69, 9.17) is 10.5 Å². The van der Waals surface area contributed by atoms with E-state index in [0.717, 1.165) is 19.6 Å². The lowest BCUT2D eigenvalue weighted by atomic mass is 10.1. The first-order valence-electron chi connectivity index (χ1n) is 7.11. The fourth-order valence-corrected chi connectivity index (χ4v) is 2.15. The summed E-state index contributed by atoms with van der Waals surface area (Å²) < 4.78 is 18.6. The molecule has 1 atom stereocenters. The molecule has 0 saturated heterocycles. The third-order valence-electron chi connectivity index (χ3n) is 3.46. The monoisotopic (exact) mass is 297 g/mol. The van der Waals surface area contributed by atoms with Gasteiger partial charge in [-0.15, -0.1) is 0 Å². The molecule has 1 rings (SSSR count). The van der Waals surface area contributed by atoms with Crippen molar-refractivity contribution in [3.8, 4) is 5.75 Å². The van der Waals surface area contributed by atoms with E-state index in [9.17, 15) is 9.18 Å². The molecule has 0 bridgehead atoms. The largest absolute Gasteiger partial charge is 0.494 e. The molecular weight excluding hydrogens is 273 g/mol. The van der Waals surface area contributed by atoms with E-state index in [0.29, 0.717) is 12.1 Å². The number of likely N-dealkylation sites (N-methyl/N-ethyl adjacent to an activating group) is 1. The van der Waals surface area contributed by atoms with E-state index in [1.165, 1.54) is 19.2 Å². The molecule has 0 spiro atoms. The molecule has 1 aromatic rings. The third-order valence-corrected chi connectivity index (χ3v) is 3.46. The highest BCUT2D eigenvalue weighted by Crippen LogP contribution is 2.21. The first kappa shape index (κ1) is 17.4. The van der Waals surface area contributed by atoms with Crippen molar-refractivity contribution in [3.05, 3.63) is 29.6 Å². The highest BCUT2D eigenvalue weighted by molar-refractivity contribution is 5.81. The van der Waals surface area contributed by atoms with Crippen molar-refractivity contribution in [1.29, 1.82) is 0 Å². The molecule has 0 aliphatic rings. The highest BCUT2D eigenvalue weighted by atomic mass is 19.1. The lowest BCUT2D eigenvalue weighted by Gasteiger charge is -2.21. The molecule has 5 nitrogen and oxygen atoms in total. The zero-order valence-electron chi connectivity index (χ0n) is 12.9. The predicted molar refractivity (Wildman–Crippen MR) is 80.7 cm³/mol. The van der Waals surface area contributed by atoms with Crippen LogP contribution in [0.3, 0.4) is 0 Å². The molecule has 0 aliphatic heterocycles. The van der Waals surface area contributed by atoms with Crippen LogP contribution in [-0.4, -0.2) is 44.1 Å². The van der Waals surface area contributed by atoms with Gasteiger partial charge in [0.15, 0.2) is 11.6 Å². The van der Waals surface area contributed by atoms with E-state index in [2.05, 4.69) is 24.1 Å². The number of benzene rings is 1. The van der Waals surface area contributed by atoms with E-state index in [1.807, 2.05) is 0 Å². The van der Waals surface area contributed by atoms with Crippen LogP contribution in [0.5, 0.6) is 5.75 Å². The average Bonchev–Trinajstić information content (AvgIpc) is 2.47. The molecule has 0 fully saturated rings. The van der Waals surface area contributed by atoms with Gasteiger partial charge in [-0.25, -0.2) is 4.39 Å². The number of nitrogens with zero attached hydrogens (tertiary/aromatic N) is 1. The Morgan fingerprint density at radius 3 is 2.57 bits per heavy atom. The molecule has 1 amide bonds. The van der Waals surface area contributed by atoms with Crippen molar-refractivity contribution in [2.24, 2.45) is 5.73 Å². The molecule has 0 radical (unpaired) electrons. The number of nitrogens with two attached hydrogens (primary N) is 1. The Kier molecular flexibility index (Phi) is 7.11. The lowest BCUT2D eigenvalue weighted by molar-refractivity contribution is -0.120. The smallest absolute Gasteiger partial charge is 0.239 e. The van der Waals surface area contributed by atoms with Crippen LogP contribution in [0.4, 0.5) is 4.39 Å². The minimum atomic E-state index is -0.707. The van der Waals surface area contributed by atoms with Crippen LogP contribution < -0.4 is 15.8 Å². The zero-order valence-corrected chi connectivity index (χ0v) is 12.9. The number of halogens is 1. The molecule has 0 aliphatic carbocycles. The number of ether oxygens (including phenoxy) is 1. The number of nitrogens with one attached hydrogen (secondary N) is 1. The van der Waals surface area contributed by atoms with Crippen molar-refractivity contribution >= 4 is 5.91 Å². The third kappa shape index (κ3) is 4.99. The van der Waals surface area contributed by atoms with E-state index < -0.39 is 17.8 Å². The van der Waals surface area contributed by atoms with Crippen LogP contribution in [0.25, 0.3) is 0 Å². The normalized spacial score (nSPS) is 12.4. The number of primary amides is 1. The Bertz CT molecular complexity index is 464. The first-order chi connectivity index (χ1) is 10.0. The maximum Gasteiger partial charge on any atom is 0.239 e. The topological polar surface area (TPSA) is 67.6 Å². The molecule has 0 saturated carbocycles. The fraction of sp³-hybridized carbons (Fsp3) is 0.533. The van der Waals surface area contributed by atoms with Crippen LogP contribution in [-0.2, 0) is 4.79 Å². The predicted octanol–water partition coefficient (Wildman–Crippen LogP) is 1.29. The Labute approximate surface area is 125 Å². The van der Waals surface area contributed by atoms with Crippen molar-refractivity contribution < 1.29 is 13.9 Å². The summed E-state index contributed by atoms with van der Waals surface area (Å²) in [5.41, 5.74) is 5.90. The summed E-state index contributed by atoms with van der Waals surface area (Å²) in [6.07, 6.45) is 0. The standard InChI is InChI=1S/C15H24FN3O2/c1-4-19(5-2)9-8-18-14(15(17)20)11-6-7-13(21-3)12(16)10-11/h6-7,10,14,18H,4-5,8-9H2,1-3H3,(H2,17,20). The Morgan fingerprint density at radius 2 is 2.10 bits per heavy atom. The Hall–Kier alpha value is -1.66. The molecule has 0 aromatic heterocycles. The lowest BCUT2D eigenvalue weighted by Crippen LogP contribution is -2.38. The number of hydrogen-bond donors (Lipinski definition) is 2. The van der Waals surface area contributed by atoms with Gasteiger partial charge in [-0.05, 0) is 30.8 Å². The second-order valence-electron chi connectivity index (χ2n) is 4.71.